The van der Waals surface area contributed by atoms with E-state index in [0.29, 0.717) is 6.54 Å². The lowest BCUT2D eigenvalue weighted by Gasteiger charge is -2.19. The first-order chi connectivity index (χ1) is 11.6. The smallest absolute Gasteiger partial charge is 0.315 e. The van der Waals surface area contributed by atoms with Crippen LogP contribution in [-0.2, 0) is 11.2 Å². The molecule has 0 saturated heterocycles. The van der Waals surface area contributed by atoms with E-state index in [1.807, 2.05) is 31.2 Å². The molecule has 1 aromatic carbocycles. The summed E-state index contributed by atoms with van der Waals surface area (Å²) >= 11 is 0. The molecule has 1 aromatic rings. The van der Waals surface area contributed by atoms with E-state index in [-0.39, 0.29) is 24.5 Å². The first kappa shape index (κ1) is 18.3. The minimum Gasteiger partial charge on any atom is -0.336 e. The van der Waals surface area contributed by atoms with Crippen molar-refractivity contribution < 1.29 is 9.59 Å². The number of hydrogen-bond donors (Lipinski definition) is 2. The molecule has 1 unspecified atom stereocenters. The lowest BCUT2D eigenvalue weighted by molar-refractivity contribution is -0.117. The molecule has 1 aliphatic heterocycles. The summed E-state index contributed by atoms with van der Waals surface area (Å²) in [6.07, 6.45) is 6.63. The number of rotatable bonds is 8. The molecule has 0 radical (unpaired) electrons. The molecular formula is C19H29N3O2. The van der Waals surface area contributed by atoms with Gasteiger partial charge in [-0.15, -0.1) is 0 Å². The van der Waals surface area contributed by atoms with Crippen molar-refractivity contribution in [2.45, 2.75) is 58.4 Å². The molecule has 3 amide bonds. The Morgan fingerprint density at radius 3 is 2.79 bits per heavy atom. The summed E-state index contributed by atoms with van der Waals surface area (Å²) in [5, 5.41) is 5.58. The molecule has 132 valence electrons. The van der Waals surface area contributed by atoms with Crippen molar-refractivity contribution in [1.29, 1.82) is 0 Å². The van der Waals surface area contributed by atoms with Crippen LogP contribution in [0.15, 0.2) is 24.3 Å². The number of urea groups is 1. The molecule has 0 aliphatic carbocycles. The fraction of sp³-hybridized carbons (Fsp3) is 0.579. The Labute approximate surface area is 144 Å². The van der Waals surface area contributed by atoms with Crippen LogP contribution in [0.2, 0.25) is 0 Å². The summed E-state index contributed by atoms with van der Waals surface area (Å²) in [6.45, 7) is 4.91. The van der Waals surface area contributed by atoms with Crippen LogP contribution < -0.4 is 15.5 Å². The maximum atomic E-state index is 12.3. The molecule has 0 saturated carbocycles. The molecule has 0 bridgehead atoms. The normalized spacial score (nSPS) is 14.2. The number of nitrogens with zero attached hydrogens (tertiary/aromatic N) is 1. The van der Waals surface area contributed by atoms with Gasteiger partial charge in [0.15, 0.2) is 0 Å². The summed E-state index contributed by atoms with van der Waals surface area (Å²) in [5.41, 5.74) is 2.16. The fourth-order valence-electron chi connectivity index (χ4n) is 3.07. The molecule has 24 heavy (non-hydrogen) atoms. The molecule has 5 nitrogen and oxygen atoms in total. The molecule has 0 aromatic heterocycles. The number of benzene rings is 1. The second-order valence-electron chi connectivity index (χ2n) is 6.50. The van der Waals surface area contributed by atoms with E-state index < -0.39 is 0 Å². The van der Waals surface area contributed by atoms with Gasteiger partial charge in [0.2, 0.25) is 5.91 Å². The van der Waals surface area contributed by atoms with E-state index in [4.69, 9.17) is 0 Å². The van der Waals surface area contributed by atoms with Crippen molar-refractivity contribution in [3.8, 4) is 0 Å². The van der Waals surface area contributed by atoms with Gasteiger partial charge in [0, 0.05) is 18.3 Å². The SMILES string of the molecule is CCCCCCC(C)NC(=O)NCC(=O)N1CCc2ccccc21. The predicted octanol–water partition coefficient (Wildman–Crippen LogP) is 3.23. The second kappa shape index (κ2) is 9.30. The van der Waals surface area contributed by atoms with Crippen molar-refractivity contribution in [1.82, 2.24) is 10.6 Å². The maximum Gasteiger partial charge on any atom is 0.315 e. The highest BCUT2D eigenvalue weighted by molar-refractivity contribution is 5.98. The Morgan fingerprint density at radius 1 is 1.21 bits per heavy atom. The highest BCUT2D eigenvalue weighted by Crippen LogP contribution is 2.27. The quantitative estimate of drug-likeness (QED) is 0.718. The van der Waals surface area contributed by atoms with Gasteiger partial charge in [-0.1, -0.05) is 50.8 Å². The van der Waals surface area contributed by atoms with Gasteiger partial charge in [-0.05, 0) is 31.4 Å². The number of nitrogens with one attached hydrogen (secondary N) is 2. The average Bonchev–Trinajstić information content (AvgIpc) is 3.01. The van der Waals surface area contributed by atoms with Gasteiger partial charge >= 0.3 is 6.03 Å². The van der Waals surface area contributed by atoms with Crippen LogP contribution in [0.1, 0.15) is 51.5 Å². The van der Waals surface area contributed by atoms with Gasteiger partial charge in [-0.3, -0.25) is 4.79 Å². The van der Waals surface area contributed by atoms with E-state index in [0.717, 1.165) is 24.9 Å². The summed E-state index contributed by atoms with van der Waals surface area (Å²) in [5.74, 6) is -0.0642. The van der Waals surface area contributed by atoms with Crippen LogP contribution in [0.3, 0.4) is 0 Å². The summed E-state index contributed by atoms with van der Waals surface area (Å²) < 4.78 is 0. The van der Waals surface area contributed by atoms with Crippen molar-refractivity contribution in [2.75, 3.05) is 18.0 Å². The third-order valence-electron chi connectivity index (χ3n) is 4.46. The maximum absolute atomic E-state index is 12.3. The first-order valence-corrected chi connectivity index (χ1v) is 9.04. The molecule has 1 heterocycles. The molecule has 5 heteroatoms. The van der Waals surface area contributed by atoms with E-state index in [1.54, 1.807) is 4.90 Å². The number of amides is 3. The number of hydrogen-bond acceptors (Lipinski definition) is 2. The van der Waals surface area contributed by atoms with Gasteiger partial charge in [-0.2, -0.15) is 0 Å². The zero-order chi connectivity index (χ0) is 17.4. The molecular weight excluding hydrogens is 302 g/mol. The standard InChI is InChI=1S/C19H29N3O2/c1-3-4-5-6-9-15(2)21-19(24)20-14-18(23)22-13-12-16-10-7-8-11-17(16)22/h7-8,10-11,15H,3-6,9,12-14H2,1-2H3,(H2,20,21,24). The van der Waals surface area contributed by atoms with Crippen molar-refractivity contribution in [3.63, 3.8) is 0 Å². The van der Waals surface area contributed by atoms with Crippen molar-refractivity contribution >= 4 is 17.6 Å². The van der Waals surface area contributed by atoms with Crippen LogP contribution in [-0.4, -0.2) is 31.1 Å². The van der Waals surface area contributed by atoms with Gasteiger partial charge in [0.25, 0.3) is 0 Å². The fourth-order valence-corrected chi connectivity index (χ4v) is 3.07. The average molecular weight is 331 g/mol. The molecule has 0 spiro atoms. The number of fused-ring (bicyclic) bond motifs is 1. The largest absolute Gasteiger partial charge is 0.336 e. The van der Waals surface area contributed by atoms with Crippen molar-refractivity contribution in [3.05, 3.63) is 29.8 Å². The van der Waals surface area contributed by atoms with Crippen LogP contribution in [0.25, 0.3) is 0 Å². The van der Waals surface area contributed by atoms with Crippen LogP contribution in [0, 0.1) is 0 Å². The Hall–Kier alpha value is -2.04. The number of carbonyl (C=O) groups excluding carboxylic acids is 2. The topological polar surface area (TPSA) is 61.4 Å². The van der Waals surface area contributed by atoms with E-state index in [1.165, 1.54) is 24.8 Å². The first-order valence-electron chi connectivity index (χ1n) is 9.04. The Morgan fingerprint density at radius 2 is 2.00 bits per heavy atom. The zero-order valence-electron chi connectivity index (χ0n) is 14.8. The number of para-hydroxylation sites is 1. The Bertz CT molecular complexity index is 559. The van der Waals surface area contributed by atoms with Crippen LogP contribution in [0.4, 0.5) is 10.5 Å². The van der Waals surface area contributed by atoms with Gasteiger partial charge < -0.3 is 15.5 Å². The summed E-state index contributed by atoms with van der Waals surface area (Å²) in [4.78, 5) is 26.0. The highest BCUT2D eigenvalue weighted by atomic mass is 16.2. The third kappa shape index (κ3) is 5.25. The minimum absolute atomic E-state index is 0.0305. The van der Waals surface area contributed by atoms with E-state index in [2.05, 4.69) is 17.6 Å². The van der Waals surface area contributed by atoms with Gasteiger partial charge in [0.05, 0.1) is 6.54 Å². The molecule has 1 aliphatic rings. The predicted molar refractivity (Wildman–Crippen MR) is 97.3 cm³/mol. The van der Waals surface area contributed by atoms with Crippen LogP contribution >= 0.6 is 0 Å². The monoisotopic (exact) mass is 331 g/mol. The van der Waals surface area contributed by atoms with Crippen LogP contribution in [0.5, 0.6) is 0 Å². The number of anilines is 1. The lowest BCUT2D eigenvalue weighted by atomic mass is 10.1. The third-order valence-corrected chi connectivity index (χ3v) is 4.46. The van der Waals surface area contributed by atoms with Gasteiger partial charge in [-0.25, -0.2) is 4.79 Å². The molecule has 1 atom stereocenters. The number of carbonyl (C=O) groups is 2. The molecule has 0 fully saturated rings. The van der Waals surface area contributed by atoms with E-state index in [9.17, 15) is 9.59 Å². The second-order valence-corrected chi connectivity index (χ2v) is 6.50. The Balaban J connectivity index is 1.69. The van der Waals surface area contributed by atoms with Gasteiger partial charge in [0.1, 0.15) is 0 Å². The molecule has 2 rings (SSSR count). The zero-order valence-corrected chi connectivity index (χ0v) is 14.8. The minimum atomic E-state index is -0.265. The lowest BCUT2D eigenvalue weighted by Crippen LogP contribution is -2.45. The Kier molecular flexibility index (Phi) is 7.09. The molecule has 2 N–H and O–H groups in total. The summed E-state index contributed by atoms with van der Waals surface area (Å²) in [7, 11) is 0. The van der Waals surface area contributed by atoms with Crippen molar-refractivity contribution in [2.24, 2.45) is 0 Å². The van der Waals surface area contributed by atoms with E-state index >= 15 is 0 Å². The summed E-state index contributed by atoms with van der Waals surface area (Å²) in [6, 6.07) is 7.79. The highest BCUT2D eigenvalue weighted by Gasteiger charge is 2.24. The number of unbranched alkanes of at least 4 members (excludes halogenated alkanes) is 3.